The number of pyridine rings is 1. The molecule has 2 amide bonds. The van der Waals surface area contributed by atoms with Gasteiger partial charge in [-0.3, -0.25) is 4.98 Å². The molecule has 1 heterocycles. The maximum absolute atomic E-state index is 12.1. The van der Waals surface area contributed by atoms with Gasteiger partial charge in [0.05, 0.1) is 19.7 Å². The quantitative estimate of drug-likeness (QED) is 0.451. The Morgan fingerprint density at radius 3 is 2.25 bits per heavy atom. The highest BCUT2D eigenvalue weighted by Crippen LogP contribution is 2.36. The van der Waals surface area contributed by atoms with Gasteiger partial charge in [0, 0.05) is 29.9 Å². The van der Waals surface area contributed by atoms with Crippen molar-refractivity contribution in [1.82, 2.24) is 10.3 Å². The number of nitrogens with zero attached hydrogens (tertiary/aromatic N) is 1. The van der Waals surface area contributed by atoms with Gasteiger partial charge >= 0.3 is 6.03 Å². The molecule has 2 aromatic carbocycles. The second-order valence-corrected chi connectivity index (χ2v) is 8.35. The first-order chi connectivity index (χ1) is 14.8. The fraction of sp³-hybridized carbons (Fsp3) is 0.333. The Morgan fingerprint density at radius 1 is 0.969 bits per heavy atom. The number of rotatable bonds is 7. The summed E-state index contributed by atoms with van der Waals surface area (Å²) >= 11 is 0. The van der Waals surface area contributed by atoms with E-state index in [4.69, 9.17) is 14.2 Å². The van der Waals surface area contributed by atoms with Crippen molar-refractivity contribution in [2.24, 2.45) is 5.41 Å². The first kappa shape index (κ1) is 25.1. The number of hydrogen-bond acceptors (Lipinski definition) is 5. The molecule has 0 unspecified atom stereocenters. The Morgan fingerprint density at radius 2 is 1.62 bits per heavy atom. The molecular weight excluding hydrogens is 430 g/mol. The van der Waals surface area contributed by atoms with E-state index in [0.29, 0.717) is 35.2 Å². The minimum Gasteiger partial charge on any atom is -0.493 e. The van der Waals surface area contributed by atoms with E-state index in [1.54, 1.807) is 50.7 Å². The van der Waals surface area contributed by atoms with Crippen molar-refractivity contribution in [2.75, 3.05) is 26.1 Å². The molecule has 3 aromatic rings. The van der Waals surface area contributed by atoms with E-state index in [2.05, 4.69) is 36.4 Å². The topological polar surface area (TPSA) is 81.7 Å². The third-order valence-corrected chi connectivity index (χ3v) is 4.71. The maximum atomic E-state index is 12.1. The Kier molecular flexibility index (Phi) is 8.55. The second-order valence-electron chi connectivity index (χ2n) is 8.35. The number of fused-ring (bicyclic) bond motifs is 1. The van der Waals surface area contributed by atoms with E-state index >= 15 is 0 Å². The van der Waals surface area contributed by atoms with Crippen LogP contribution in [0.25, 0.3) is 10.9 Å². The molecule has 0 radical (unpaired) electrons. The van der Waals surface area contributed by atoms with Gasteiger partial charge in [-0.25, -0.2) is 4.79 Å². The zero-order valence-corrected chi connectivity index (χ0v) is 19.8. The summed E-state index contributed by atoms with van der Waals surface area (Å²) in [4.78, 5) is 16.4. The van der Waals surface area contributed by atoms with Crippen LogP contribution in [-0.4, -0.2) is 31.8 Å². The number of anilines is 1. The van der Waals surface area contributed by atoms with E-state index < -0.39 is 0 Å². The molecule has 0 fully saturated rings. The number of methoxy groups -OCH3 is 2. The number of carbonyl (C=O) groups is 1. The Balaban J connectivity index is 0.00000363. The van der Waals surface area contributed by atoms with Gasteiger partial charge in [-0.15, -0.1) is 12.4 Å². The average Bonchev–Trinajstić information content (AvgIpc) is 2.73. The summed E-state index contributed by atoms with van der Waals surface area (Å²) in [6.45, 7) is 7.05. The summed E-state index contributed by atoms with van der Waals surface area (Å²) in [7, 11) is 3.18. The highest BCUT2D eigenvalue weighted by atomic mass is 35.5. The standard InChI is InChI=1S/C24H29N3O4.ClH/c1-24(2,3)11-13-26-23(28)27-16-6-8-17(9-7-16)31-20-10-12-25-19-15-22(30-5)21(29-4)14-18(19)20;/h6-10,12,14-15H,11,13H2,1-5H3,(H2,26,27,28);1H. The number of halogens is 1. The van der Waals surface area contributed by atoms with E-state index in [0.717, 1.165) is 17.3 Å². The monoisotopic (exact) mass is 459 g/mol. The Bertz CT molecular complexity index is 1050. The summed E-state index contributed by atoms with van der Waals surface area (Å²) in [5.74, 6) is 2.49. The van der Waals surface area contributed by atoms with Crippen molar-refractivity contribution in [3.05, 3.63) is 48.7 Å². The van der Waals surface area contributed by atoms with Gasteiger partial charge in [-0.1, -0.05) is 20.8 Å². The lowest BCUT2D eigenvalue weighted by atomic mass is 9.92. The van der Waals surface area contributed by atoms with E-state index in [9.17, 15) is 4.79 Å². The number of aromatic nitrogens is 1. The third-order valence-electron chi connectivity index (χ3n) is 4.71. The Hall–Kier alpha value is -3.19. The van der Waals surface area contributed by atoms with Crippen LogP contribution < -0.4 is 24.8 Å². The van der Waals surface area contributed by atoms with Crippen molar-refractivity contribution in [3.8, 4) is 23.0 Å². The van der Waals surface area contributed by atoms with Gasteiger partial charge in [-0.2, -0.15) is 0 Å². The fourth-order valence-electron chi connectivity index (χ4n) is 3.00. The van der Waals surface area contributed by atoms with Crippen molar-refractivity contribution < 1.29 is 19.0 Å². The van der Waals surface area contributed by atoms with Crippen molar-refractivity contribution in [1.29, 1.82) is 0 Å². The molecule has 2 N–H and O–H groups in total. The first-order valence-corrected chi connectivity index (χ1v) is 10.1. The molecular formula is C24H30ClN3O4. The van der Waals surface area contributed by atoms with E-state index in [1.807, 2.05) is 12.1 Å². The third kappa shape index (κ3) is 6.65. The van der Waals surface area contributed by atoms with Crippen LogP contribution in [0, 0.1) is 5.41 Å². The number of amides is 2. The molecule has 0 spiro atoms. The molecule has 1 aromatic heterocycles. The highest BCUT2D eigenvalue weighted by molar-refractivity contribution is 5.89. The van der Waals surface area contributed by atoms with Crippen LogP contribution >= 0.6 is 12.4 Å². The van der Waals surface area contributed by atoms with Crippen LogP contribution in [-0.2, 0) is 0 Å². The number of urea groups is 1. The summed E-state index contributed by atoms with van der Waals surface area (Å²) in [6.07, 6.45) is 2.59. The number of carbonyl (C=O) groups excluding carboxylic acids is 1. The number of nitrogens with one attached hydrogen (secondary N) is 2. The summed E-state index contributed by atoms with van der Waals surface area (Å²) in [5, 5.41) is 6.51. The molecule has 0 aliphatic carbocycles. The van der Waals surface area contributed by atoms with Crippen molar-refractivity contribution >= 4 is 35.0 Å². The van der Waals surface area contributed by atoms with Crippen LogP contribution in [0.3, 0.4) is 0 Å². The zero-order chi connectivity index (χ0) is 22.4. The van der Waals surface area contributed by atoms with Crippen LogP contribution in [0.5, 0.6) is 23.0 Å². The summed E-state index contributed by atoms with van der Waals surface area (Å²) in [5.41, 5.74) is 1.60. The maximum Gasteiger partial charge on any atom is 0.319 e. The normalized spacial score (nSPS) is 10.8. The number of benzene rings is 2. The van der Waals surface area contributed by atoms with Gasteiger partial charge in [0.25, 0.3) is 0 Å². The lowest BCUT2D eigenvalue weighted by Crippen LogP contribution is -2.31. The van der Waals surface area contributed by atoms with E-state index in [1.165, 1.54) is 0 Å². The van der Waals surface area contributed by atoms with Crippen LogP contribution in [0.4, 0.5) is 10.5 Å². The van der Waals surface area contributed by atoms with Gasteiger partial charge < -0.3 is 24.8 Å². The molecule has 7 nitrogen and oxygen atoms in total. The van der Waals surface area contributed by atoms with Gasteiger partial charge in [0.15, 0.2) is 11.5 Å². The van der Waals surface area contributed by atoms with Crippen LogP contribution in [0.15, 0.2) is 48.7 Å². The van der Waals surface area contributed by atoms with Gasteiger partial charge in [0.1, 0.15) is 11.5 Å². The first-order valence-electron chi connectivity index (χ1n) is 10.1. The summed E-state index contributed by atoms with van der Waals surface area (Å²) < 4.78 is 16.8. The highest BCUT2D eigenvalue weighted by Gasteiger charge is 2.12. The summed E-state index contributed by atoms with van der Waals surface area (Å²) in [6, 6.07) is 12.4. The molecule has 0 aliphatic heterocycles. The van der Waals surface area contributed by atoms with E-state index in [-0.39, 0.29) is 23.9 Å². The average molecular weight is 460 g/mol. The lowest BCUT2D eigenvalue weighted by molar-refractivity contribution is 0.250. The van der Waals surface area contributed by atoms with Gasteiger partial charge in [0.2, 0.25) is 0 Å². The molecule has 8 heteroatoms. The second kappa shape index (κ2) is 10.9. The van der Waals surface area contributed by atoms with Crippen molar-refractivity contribution in [3.63, 3.8) is 0 Å². The largest absolute Gasteiger partial charge is 0.493 e. The molecule has 0 saturated carbocycles. The predicted octanol–water partition coefficient (Wildman–Crippen LogP) is 6.02. The predicted molar refractivity (Wildman–Crippen MR) is 130 cm³/mol. The molecule has 0 atom stereocenters. The molecule has 0 saturated heterocycles. The molecule has 0 aliphatic rings. The van der Waals surface area contributed by atoms with Crippen LogP contribution in [0.2, 0.25) is 0 Å². The molecule has 32 heavy (non-hydrogen) atoms. The fourth-order valence-corrected chi connectivity index (χ4v) is 3.00. The number of ether oxygens (including phenoxy) is 3. The minimum atomic E-state index is -0.223. The number of hydrogen-bond donors (Lipinski definition) is 2. The molecule has 172 valence electrons. The molecule has 0 bridgehead atoms. The minimum absolute atomic E-state index is 0. The zero-order valence-electron chi connectivity index (χ0n) is 19.0. The lowest BCUT2D eigenvalue weighted by Gasteiger charge is -2.18. The van der Waals surface area contributed by atoms with Crippen LogP contribution in [0.1, 0.15) is 27.2 Å². The smallest absolute Gasteiger partial charge is 0.319 e. The SMILES string of the molecule is COc1cc2nccc(Oc3ccc(NC(=O)NCCC(C)(C)C)cc3)c2cc1OC.Cl. The molecule has 3 rings (SSSR count). The van der Waals surface area contributed by atoms with Gasteiger partial charge in [-0.05, 0) is 48.2 Å². The van der Waals surface area contributed by atoms with Crippen molar-refractivity contribution in [2.45, 2.75) is 27.2 Å². The Labute approximate surface area is 194 Å².